The van der Waals surface area contributed by atoms with Crippen molar-refractivity contribution in [3.05, 3.63) is 24.6 Å². The molecule has 0 atom stereocenters. The monoisotopic (exact) mass is 95.1 g/mol. The van der Waals surface area contributed by atoms with Crippen LogP contribution < -0.4 is 5.43 Å². The SMILES string of the molecule is CN1[C]=CC=CN1. The molecule has 0 aliphatic carbocycles. The lowest BCUT2D eigenvalue weighted by molar-refractivity contribution is 0.364. The number of nitrogens with one attached hydrogen (secondary N) is 1. The van der Waals surface area contributed by atoms with Crippen LogP contribution in [0.25, 0.3) is 0 Å². The van der Waals surface area contributed by atoms with E-state index in [0.717, 1.165) is 0 Å². The van der Waals surface area contributed by atoms with Gasteiger partial charge < -0.3 is 5.43 Å². The van der Waals surface area contributed by atoms with E-state index >= 15 is 0 Å². The highest BCUT2D eigenvalue weighted by Gasteiger charge is 1.84. The molecule has 0 aromatic heterocycles. The van der Waals surface area contributed by atoms with Crippen LogP contribution in [0, 0.1) is 6.20 Å². The minimum absolute atomic E-state index is 1.75. The number of hydrogen-bond donors (Lipinski definition) is 1. The van der Waals surface area contributed by atoms with Crippen LogP contribution in [0.4, 0.5) is 0 Å². The fourth-order valence-electron chi connectivity index (χ4n) is 0.395. The zero-order chi connectivity index (χ0) is 5.11. The minimum atomic E-state index is 1.75. The molecule has 0 saturated heterocycles. The topological polar surface area (TPSA) is 15.3 Å². The first-order valence-corrected chi connectivity index (χ1v) is 2.14. The molecule has 7 heavy (non-hydrogen) atoms. The molecule has 0 aromatic carbocycles. The number of hydrogen-bond acceptors (Lipinski definition) is 2. The molecule has 0 spiro atoms. The van der Waals surface area contributed by atoms with Gasteiger partial charge in [0.2, 0.25) is 0 Å². The Balaban J connectivity index is 2.49. The molecule has 1 aliphatic rings. The summed E-state index contributed by atoms with van der Waals surface area (Å²) in [5.41, 5.74) is 2.89. The lowest BCUT2D eigenvalue weighted by atomic mass is 10.5. The fourth-order valence-corrected chi connectivity index (χ4v) is 0.395. The van der Waals surface area contributed by atoms with Gasteiger partial charge in [0, 0.05) is 13.2 Å². The third kappa shape index (κ3) is 0.961. The summed E-state index contributed by atoms with van der Waals surface area (Å²) in [5, 5.41) is 1.75. The van der Waals surface area contributed by atoms with Crippen molar-refractivity contribution >= 4 is 0 Å². The van der Waals surface area contributed by atoms with Crippen molar-refractivity contribution in [2.75, 3.05) is 7.05 Å². The first kappa shape index (κ1) is 4.24. The van der Waals surface area contributed by atoms with E-state index in [1.165, 1.54) is 0 Å². The van der Waals surface area contributed by atoms with Crippen LogP contribution in [0.2, 0.25) is 0 Å². The zero-order valence-corrected chi connectivity index (χ0v) is 4.18. The molecule has 0 amide bonds. The van der Waals surface area contributed by atoms with Gasteiger partial charge in [-0.1, -0.05) is 0 Å². The maximum absolute atomic E-state index is 2.89. The molecule has 37 valence electrons. The Hall–Kier alpha value is -0.920. The predicted molar refractivity (Wildman–Crippen MR) is 27.9 cm³/mol. The normalized spacial score (nSPS) is 17.0. The van der Waals surface area contributed by atoms with Gasteiger partial charge in [0.1, 0.15) is 0 Å². The van der Waals surface area contributed by atoms with Crippen molar-refractivity contribution in [3.63, 3.8) is 0 Å². The van der Waals surface area contributed by atoms with Gasteiger partial charge in [-0.15, -0.1) is 0 Å². The van der Waals surface area contributed by atoms with Crippen molar-refractivity contribution < 1.29 is 0 Å². The van der Waals surface area contributed by atoms with E-state index in [-0.39, 0.29) is 0 Å². The van der Waals surface area contributed by atoms with Gasteiger partial charge >= 0.3 is 0 Å². The van der Waals surface area contributed by atoms with Gasteiger partial charge in [0.15, 0.2) is 0 Å². The van der Waals surface area contributed by atoms with Gasteiger partial charge in [-0.3, -0.25) is 5.01 Å². The molecule has 0 unspecified atom stereocenters. The van der Waals surface area contributed by atoms with Crippen molar-refractivity contribution in [1.29, 1.82) is 0 Å². The molecule has 1 N–H and O–H groups in total. The standard InChI is InChI=1S/C5H7N2/c1-7-5-3-2-4-6-7/h2-4,6H,1H3. The Morgan fingerprint density at radius 2 is 2.57 bits per heavy atom. The Morgan fingerprint density at radius 1 is 1.71 bits per heavy atom. The van der Waals surface area contributed by atoms with Crippen LogP contribution in [0.5, 0.6) is 0 Å². The highest BCUT2D eigenvalue weighted by Crippen LogP contribution is 1.83. The Labute approximate surface area is 43.1 Å². The molecular formula is C5H7N2. The van der Waals surface area contributed by atoms with Crippen molar-refractivity contribution in [3.8, 4) is 0 Å². The molecule has 1 heterocycles. The van der Waals surface area contributed by atoms with E-state index in [4.69, 9.17) is 0 Å². The molecule has 2 heteroatoms. The molecule has 1 aliphatic heterocycles. The molecule has 0 saturated carbocycles. The maximum Gasteiger partial charge on any atom is 0.0820 e. The van der Waals surface area contributed by atoms with E-state index in [2.05, 4.69) is 11.6 Å². The van der Waals surface area contributed by atoms with Crippen LogP contribution in [0.15, 0.2) is 18.4 Å². The van der Waals surface area contributed by atoms with Gasteiger partial charge in [-0.05, 0) is 12.2 Å². The summed E-state index contributed by atoms with van der Waals surface area (Å²) in [4.78, 5) is 0. The summed E-state index contributed by atoms with van der Waals surface area (Å²) >= 11 is 0. The number of allylic oxidation sites excluding steroid dienone is 2. The number of nitrogens with zero attached hydrogens (tertiary/aromatic N) is 1. The summed E-state index contributed by atoms with van der Waals surface area (Å²) in [6, 6.07) is 0. The highest BCUT2D eigenvalue weighted by molar-refractivity contribution is 5.00. The Bertz CT molecular complexity index is 105. The maximum atomic E-state index is 2.89. The molecule has 1 rings (SSSR count). The lowest BCUT2D eigenvalue weighted by Gasteiger charge is -2.13. The van der Waals surface area contributed by atoms with Crippen LogP contribution in [-0.4, -0.2) is 12.1 Å². The van der Waals surface area contributed by atoms with E-state index < -0.39 is 0 Å². The second-order valence-electron chi connectivity index (χ2n) is 1.34. The predicted octanol–water partition coefficient (Wildman–Crippen LogP) is 0.267. The minimum Gasteiger partial charge on any atom is -0.306 e. The fraction of sp³-hybridized carbons (Fsp3) is 0.200. The first-order chi connectivity index (χ1) is 3.39. The van der Waals surface area contributed by atoms with Crippen molar-refractivity contribution in [1.82, 2.24) is 10.4 Å². The van der Waals surface area contributed by atoms with Crippen molar-refractivity contribution in [2.45, 2.75) is 0 Å². The van der Waals surface area contributed by atoms with E-state index in [1.807, 2.05) is 25.4 Å². The van der Waals surface area contributed by atoms with E-state index in [9.17, 15) is 0 Å². The molecule has 1 radical (unpaired) electrons. The van der Waals surface area contributed by atoms with Crippen LogP contribution in [-0.2, 0) is 0 Å². The molecule has 0 bridgehead atoms. The Morgan fingerprint density at radius 3 is 2.86 bits per heavy atom. The summed E-state index contributed by atoms with van der Waals surface area (Å²) in [5.74, 6) is 0. The summed E-state index contributed by atoms with van der Waals surface area (Å²) in [7, 11) is 1.89. The van der Waals surface area contributed by atoms with Crippen LogP contribution >= 0.6 is 0 Å². The molecule has 0 aromatic rings. The smallest absolute Gasteiger partial charge is 0.0820 e. The third-order valence-electron chi connectivity index (χ3n) is 0.729. The Kier molecular flexibility index (Phi) is 1.02. The average Bonchev–Trinajstić information content (AvgIpc) is 1.69. The highest BCUT2D eigenvalue weighted by atomic mass is 15.5. The quantitative estimate of drug-likeness (QED) is 0.464. The van der Waals surface area contributed by atoms with Crippen LogP contribution in [0.3, 0.4) is 0 Å². The van der Waals surface area contributed by atoms with Gasteiger partial charge in [-0.2, -0.15) is 0 Å². The van der Waals surface area contributed by atoms with E-state index in [1.54, 1.807) is 5.01 Å². The van der Waals surface area contributed by atoms with Crippen LogP contribution in [0.1, 0.15) is 0 Å². The molecule has 2 nitrogen and oxygen atoms in total. The largest absolute Gasteiger partial charge is 0.306 e. The van der Waals surface area contributed by atoms with Gasteiger partial charge in [0.05, 0.1) is 6.20 Å². The summed E-state index contributed by atoms with van der Waals surface area (Å²) in [6.45, 7) is 0. The van der Waals surface area contributed by atoms with Gasteiger partial charge in [-0.25, -0.2) is 0 Å². The second kappa shape index (κ2) is 1.69. The summed E-state index contributed by atoms with van der Waals surface area (Å²) in [6.07, 6.45) is 8.47. The number of rotatable bonds is 0. The van der Waals surface area contributed by atoms with Crippen molar-refractivity contribution in [2.24, 2.45) is 0 Å². The molecular weight excluding hydrogens is 88.1 g/mol. The average molecular weight is 95.1 g/mol. The summed E-state index contributed by atoms with van der Waals surface area (Å²) < 4.78 is 0. The first-order valence-electron chi connectivity index (χ1n) is 2.14. The zero-order valence-electron chi connectivity index (χ0n) is 4.18. The van der Waals surface area contributed by atoms with E-state index in [0.29, 0.717) is 0 Å². The second-order valence-corrected chi connectivity index (χ2v) is 1.34. The third-order valence-corrected chi connectivity index (χ3v) is 0.729. The lowest BCUT2D eigenvalue weighted by Crippen LogP contribution is -2.25. The van der Waals surface area contributed by atoms with Gasteiger partial charge in [0.25, 0.3) is 0 Å². The molecule has 0 fully saturated rings. The number of hydrazine groups is 1.